The highest BCUT2D eigenvalue weighted by molar-refractivity contribution is 5.78. The van der Waals surface area contributed by atoms with E-state index in [1.807, 2.05) is 39.0 Å². The lowest BCUT2D eigenvalue weighted by Gasteiger charge is -2.14. The van der Waals surface area contributed by atoms with Crippen LogP contribution in [0.2, 0.25) is 0 Å². The molecule has 3 nitrogen and oxygen atoms in total. The molecule has 1 fully saturated rings. The van der Waals surface area contributed by atoms with Crippen molar-refractivity contribution in [2.24, 2.45) is 5.92 Å². The molecule has 0 saturated heterocycles. The average Bonchev–Trinajstić information content (AvgIpc) is 3.05. The van der Waals surface area contributed by atoms with E-state index in [-0.39, 0.29) is 18.0 Å². The first kappa shape index (κ1) is 12.0. The van der Waals surface area contributed by atoms with Gasteiger partial charge in [0.15, 0.2) is 11.5 Å². The van der Waals surface area contributed by atoms with Gasteiger partial charge in [-0.25, -0.2) is 0 Å². The molecule has 1 saturated carbocycles. The summed E-state index contributed by atoms with van der Waals surface area (Å²) in [5, 5.41) is 0. The Hall–Kier alpha value is -1.51. The Morgan fingerprint density at radius 2 is 2.00 bits per heavy atom. The molecule has 17 heavy (non-hydrogen) atoms. The first-order valence-electron chi connectivity index (χ1n) is 6.05. The fraction of sp³-hybridized carbons (Fsp3) is 0.500. The zero-order valence-electron chi connectivity index (χ0n) is 10.5. The minimum absolute atomic E-state index is 0.0658. The molecule has 0 unspecified atom stereocenters. The van der Waals surface area contributed by atoms with Gasteiger partial charge in [0.25, 0.3) is 0 Å². The molecule has 0 radical (unpaired) electrons. The van der Waals surface area contributed by atoms with E-state index in [9.17, 15) is 4.79 Å². The quantitative estimate of drug-likeness (QED) is 0.593. The molecule has 2 rings (SSSR count). The molecular formula is C14H18O3. The second kappa shape index (κ2) is 4.78. The molecule has 1 aromatic carbocycles. The zero-order chi connectivity index (χ0) is 12.4. The minimum atomic E-state index is -0.135. The summed E-state index contributed by atoms with van der Waals surface area (Å²) in [5.41, 5.74) is 1.06. The highest BCUT2D eigenvalue weighted by Gasteiger charge is 2.32. The van der Waals surface area contributed by atoms with Crippen LogP contribution in [-0.4, -0.2) is 12.1 Å². The SMILES string of the molecule is Cc1ccc(OC(C)C)c(OC(=O)C2CC2)c1. The molecule has 0 N–H and O–H groups in total. The molecule has 92 valence electrons. The summed E-state index contributed by atoms with van der Waals surface area (Å²) in [7, 11) is 0. The fourth-order valence-corrected chi connectivity index (χ4v) is 1.56. The molecule has 1 aliphatic carbocycles. The smallest absolute Gasteiger partial charge is 0.314 e. The van der Waals surface area contributed by atoms with E-state index in [4.69, 9.17) is 9.47 Å². The monoisotopic (exact) mass is 234 g/mol. The number of carbonyl (C=O) groups is 1. The lowest BCUT2D eigenvalue weighted by atomic mass is 10.2. The standard InChI is InChI=1S/C14H18O3/c1-9(2)16-12-7-4-10(3)8-13(12)17-14(15)11-5-6-11/h4,7-9,11H,5-6H2,1-3H3. The Balaban J connectivity index is 2.16. The van der Waals surface area contributed by atoms with Gasteiger partial charge in [0.1, 0.15) is 0 Å². The average molecular weight is 234 g/mol. The van der Waals surface area contributed by atoms with Crippen molar-refractivity contribution in [3.05, 3.63) is 23.8 Å². The van der Waals surface area contributed by atoms with Gasteiger partial charge in [-0.3, -0.25) is 4.79 Å². The Morgan fingerprint density at radius 3 is 2.59 bits per heavy atom. The van der Waals surface area contributed by atoms with Crippen LogP contribution in [0.5, 0.6) is 11.5 Å². The maximum Gasteiger partial charge on any atom is 0.314 e. The molecule has 0 heterocycles. The number of esters is 1. The van der Waals surface area contributed by atoms with Gasteiger partial charge in [-0.2, -0.15) is 0 Å². The van der Waals surface area contributed by atoms with Crippen molar-refractivity contribution >= 4 is 5.97 Å². The van der Waals surface area contributed by atoms with Gasteiger partial charge in [0.2, 0.25) is 0 Å². The van der Waals surface area contributed by atoms with Crippen molar-refractivity contribution in [3.63, 3.8) is 0 Å². The van der Waals surface area contributed by atoms with E-state index < -0.39 is 0 Å². The van der Waals surface area contributed by atoms with Gasteiger partial charge in [-0.05, 0) is 51.3 Å². The van der Waals surface area contributed by atoms with Gasteiger partial charge in [-0.1, -0.05) is 6.07 Å². The number of ether oxygens (including phenoxy) is 2. The van der Waals surface area contributed by atoms with Crippen LogP contribution in [0.3, 0.4) is 0 Å². The summed E-state index contributed by atoms with van der Waals surface area (Å²) in [4.78, 5) is 11.6. The number of hydrogen-bond acceptors (Lipinski definition) is 3. The van der Waals surface area contributed by atoms with Crippen molar-refractivity contribution in [1.82, 2.24) is 0 Å². The molecule has 0 aliphatic heterocycles. The van der Waals surface area contributed by atoms with Crippen LogP contribution in [0.4, 0.5) is 0 Å². The Kier molecular flexibility index (Phi) is 3.36. The van der Waals surface area contributed by atoms with E-state index >= 15 is 0 Å². The number of aryl methyl sites for hydroxylation is 1. The zero-order valence-corrected chi connectivity index (χ0v) is 10.5. The summed E-state index contributed by atoms with van der Waals surface area (Å²) in [6, 6.07) is 5.65. The predicted molar refractivity (Wildman–Crippen MR) is 65.3 cm³/mol. The van der Waals surface area contributed by atoms with E-state index in [1.165, 1.54) is 0 Å². The van der Waals surface area contributed by atoms with Gasteiger partial charge in [-0.15, -0.1) is 0 Å². The second-order valence-corrected chi connectivity index (χ2v) is 4.81. The van der Waals surface area contributed by atoms with Gasteiger partial charge in [0.05, 0.1) is 12.0 Å². The molecule has 1 aliphatic rings. The summed E-state index contributed by atoms with van der Waals surface area (Å²) in [5.74, 6) is 1.14. The van der Waals surface area contributed by atoms with Crippen LogP contribution in [0.25, 0.3) is 0 Å². The van der Waals surface area contributed by atoms with Crippen molar-refractivity contribution in [1.29, 1.82) is 0 Å². The maximum absolute atomic E-state index is 11.6. The molecular weight excluding hydrogens is 216 g/mol. The summed E-state index contributed by atoms with van der Waals surface area (Å²) in [6.07, 6.45) is 1.96. The first-order valence-corrected chi connectivity index (χ1v) is 6.05. The predicted octanol–water partition coefficient (Wildman–Crippen LogP) is 3.10. The van der Waals surface area contributed by atoms with Gasteiger partial charge >= 0.3 is 5.97 Å². The minimum Gasteiger partial charge on any atom is -0.487 e. The maximum atomic E-state index is 11.6. The van der Waals surface area contributed by atoms with Gasteiger partial charge < -0.3 is 9.47 Å². The summed E-state index contributed by atoms with van der Waals surface area (Å²) < 4.78 is 11.0. The highest BCUT2D eigenvalue weighted by Crippen LogP contribution is 2.34. The molecule has 0 atom stereocenters. The molecule has 3 heteroatoms. The molecule has 0 amide bonds. The van der Waals surface area contributed by atoms with E-state index in [0.717, 1.165) is 18.4 Å². The van der Waals surface area contributed by atoms with Crippen LogP contribution in [0, 0.1) is 12.8 Å². The molecule has 0 bridgehead atoms. The Bertz CT molecular complexity index is 419. The van der Waals surface area contributed by atoms with E-state index in [2.05, 4.69) is 0 Å². The van der Waals surface area contributed by atoms with Crippen molar-refractivity contribution in [3.8, 4) is 11.5 Å². The van der Waals surface area contributed by atoms with Crippen LogP contribution in [0.1, 0.15) is 32.3 Å². The topological polar surface area (TPSA) is 35.5 Å². The third-order valence-corrected chi connectivity index (χ3v) is 2.58. The lowest BCUT2D eigenvalue weighted by Crippen LogP contribution is -2.12. The second-order valence-electron chi connectivity index (χ2n) is 4.81. The Morgan fingerprint density at radius 1 is 1.29 bits per heavy atom. The number of hydrogen-bond donors (Lipinski definition) is 0. The third kappa shape index (κ3) is 3.22. The molecule has 0 aromatic heterocycles. The van der Waals surface area contributed by atoms with Gasteiger partial charge in [0, 0.05) is 0 Å². The van der Waals surface area contributed by atoms with Crippen LogP contribution in [0.15, 0.2) is 18.2 Å². The van der Waals surface area contributed by atoms with E-state index in [0.29, 0.717) is 11.5 Å². The Labute approximate surface area is 102 Å². The van der Waals surface area contributed by atoms with Crippen LogP contribution in [-0.2, 0) is 4.79 Å². The van der Waals surface area contributed by atoms with Crippen LogP contribution < -0.4 is 9.47 Å². The first-order chi connectivity index (χ1) is 8.06. The number of benzene rings is 1. The summed E-state index contributed by atoms with van der Waals surface area (Å²) in [6.45, 7) is 5.87. The summed E-state index contributed by atoms with van der Waals surface area (Å²) >= 11 is 0. The highest BCUT2D eigenvalue weighted by atomic mass is 16.6. The number of carbonyl (C=O) groups excluding carboxylic acids is 1. The molecule has 1 aromatic rings. The molecule has 0 spiro atoms. The lowest BCUT2D eigenvalue weighted by molar-refractivity contribution is -0.135. The normalized spacial score (nSPS) is 14.8. The fourth-order valence-electron chi connectivity index (χ4n) is 1.56. The van der Waals surface area contributed by atoms with E-state index in [1.54, 1.807) is 0 Å². The van der Waals surface area contributed by atoms with Crippen molar-refractivity contribution in [2.75, 3.05) is 0 Å². The largest absolute Gasteiger partial charge is 0.487 e. The van der Waals surface area contributed by atoms with Crippen molar-refractivity contribution in [2.45, 2.75) is 39.7 Å². The third-order valence-electron chi connectivity index (χ3n) is 2.58. The van der Waals surface area contributed by atoms with Crippen LogP contribution >= 0.6 is 0 Å². The number of rotatable bonds is 4. The van der Waals surface area contributed by atoms with Crippen molar-refractivity contribution < 1.29 is 14.3 Å².